The van der Waals surface area contributed by atoms with Crippen molar-refractivity contribution in [2.24, 2.45) is 5.10 Å². The Bertz CT molecular complexity index is 1250. The molecule has 7 N–H and O–H groups in total. The van der Waals surface area contributed by atoms with E-state index < -0.39 is 49.0 Å². The largest absolute Gasteiger partial charge is 0.394 e. The molecule has 0 aliphatic rings. The Labute approximate surface area is 212 Å². The Kier molecular flexibility index (Phi) is 9.25. The first-order valence-electron chi connectivity index (χ1n) is 10.4. The first-order valence-corrected chi connectivity index (χ1v) is 11.5. The van der Waals surface area contributed by atoms with Crippen LogP contribution in [0.2, 0.25) is 0 Å². The summed E-state index contributed by atoms with van der Waals surface area (Å²) in [5, 5.41) is 54.3. The van der Waals surface area contributed by atoms with Crippen molar-refractivity contribution in [2.75, 3.05) is 11.9 Å². The number of hydrazone groups is 1. The first kappa shape index (κ1) is 26.7. The molecule has 0 aliphatic heterocycles. The molecule has 13 heteroatoms. The zero-order valence-electron chi connectivity index (χ0n) is 18.2. The fourth-order valence-corrected chi connectivity index (χ4v) is 3.57. The third-order valence-corrected chi connectivity index (χ3v) is 5.62. The standard InChI is InChI=1S/C22H24IN5O7/c23-12-6-7-15-14(8-12)21(35)28(22(26-15)25-13-4-2-1-3-5-13)10-18(32)27-24-9-16(30)19(33)20(34)17(31)11-29/h1-9,16-17,19-20,29-31,33-34H,10-11H2,(H,25,26)(H,27,32)/b24-9+/t16-,17+,19+,20+/m0/s1. The van der Waals surface area contributed by atoms with Gasteiger partial charge in [0.25, 0.3) is 11.5 Å². The van der Waals surface area contributed by atoms with Crippen molar-refractivity contribution in [3.05, 3.63) is 62.5 Å². The van der Waals surface area contributed by atoms with Crippen molar-refractivity contribution in [1.82, 2.24) is 15.0 Å². The minimum atomic E-state index is -1.87. The normalized spacial score (nSPS) is 15.0. The number of benzene rings is 2. The van der Waals surface area contributed by atoms with E-state index in [-0.39, 0.29) is 5.95 Å². The van der Waals surface area contributed by atoms with E-state index >= 15 is 0 Å². The number of anilines is 2. The lowest BCUT2D eigenvalue weighted by molar-refractivity contribution is -0.121. The van der Waals surface area contributed by atoms with Gasteiger partial charge >= 0.3 is 0 Å². The molecule has 0 bridgehead atoms. The number of amides is 1. The van der Waals surface area contributed by atoms with Crippen LogP contribution >= 0.6 is 22.6 Å². The molecule has 1 amide bonds. The Morgan fingerprint density at radius 3 is 2.51 bits per heavy atom. The van der Waals surface area contributed by atoms with E-state index in [2.05, 4.69) is 43.4 Å². The van der Waals surface area contributed by atoms with Gasteiger partial charge in [0.15, 0.2) is 0 Å². The molecule has 2 aromatic carbocycles. The van der Waals surface area contributed by atoms with E-state index in [9.17, 15) is 30.0 Å². The van der Waals surface area contributed by atoms with Crippen LogP contribution in [0.1, 0.15) is 0 Å². The van der Waals surface area contributed by atoms with Crippen LogP contribution in [0.15, 0.2) is 58.4 Å². The summed E-state index contributed by atoms with van der Waals surface area (Å²) in [4.78, 5) is 30.2. The maximum Gasteiger partial charge on any atom is 0.263 e. The fourth-order valence-electron chi connectivity index (χ4n) is 3.08. The summed E-state index contributed by atoms with van der Waals surface area (Å²) in [6, 6.07) is 14.1. The number of halogens is 1. The molecule has 186 valence electrons. The lowest BCUT2D eigenvalue weighted by atomic mass is 10.0. The van der Waals surface area contributed by atoms with Crippen LogP contribution in [0.3, 0.4) is 0 Å². The van der Waals surface area contributed by atoms with E-state index in [0.717, 1.165) is 14.4 Å². The number of nitrogens with zero attached hydrogens (tertiary/aromatic N) is 3. The van der Waals surface area contributed by atoms with E-state index in [0.29, 0.717) is 16.6 Å². The molecule has 12 nitrogen and oxygen atoms in total. The number of hydrogen-bond donors (Lipinski definition) is 7. The summed E-state index contributed by atoms with van der Waals surface area (Å²) in [6.45, 7) is -1.30. The van der Waals surface area contributed by atoms with E-state index in [1.165, 1.54) is 0 Å². The van der Waals surface area contributed by atoms with Gasteiger partial charge in [0, 0.05) is 9.26 Å². The van der Waals surface area contributed by atoms with Gasteiger partial charge in [0.2, 0.25) is 5.95 Å². The number of nitrogens with one attached hydrogen (secondary N) is 2. The smallest absolute Gasteiger partial charge is 0.263 e. The summed E-state index contributed by atoms with van der Waals surface area (Å²) in [5.74, 6) is -0.602. The molecule has 0 saturated carbocycles. The van der Waals surface area contributed by atoms with Crippen LogP contribution in [0, 0.1) is 3.57 Å². The van der Waals surface area contributed by atoms with Crippen molar-refractivity contribution < 1.29 is 30.3 Å². The Morgan fingerprint density at radius 1 is 1.11 bits per heavy atom. The molecule has 1 aromatic heterocycles. The van der Waals surface area contributed by atoms with Crippen molar-refractivity contribution in [2.45, 2.75) is 31.0 Å². The minimum absolute atomic E-state index is 0.130. The second-order valence-electron chi connectivity index (χ2n) is 7.51. The van der Waals surface area contributed by atoms with Gasteiger partial charge in [-0.1, -0.05) is 18.2 Å². The van der Waals surface area contributed by atoms with Crippen LogP contribution in [0.25, 0.3) is 10.9 Å². The predicted molar refractivity (Wildman–Crippen MR) is 136 cm³/mol. The number of carbonyl (C=O) groups is 1. The number of carbonyl (C=O) groups excluding carboxylic acids is 1. The number of rotatable bonds is 10. The van der Waals surface area contributed by atoms with Gasteiger partial charge in [0.1, 0.15) is 31.0 Å². The summed E-state index contributed by atoms with van der Waals surface area (Å²) >= 11 is 2.07. The average molecular weight is 597 g/mol. The molecule has 0 radical (unpaired) electrons. The van der Waals surface area contributed by atoms with Crippen molar-refractivity contribution >= 4 is 57.3 Å². The molecular weight excluding hydrogens is 573 g/mol. The summed E-state index contributed by atoms with van der Waals surface area (Å²) in [6.07, 6.45) is -6.39. The second-order valence-corrected chi connectivity index (χ2v) is 8.76. The molecule has 3 aromatic rings. The maximum atomic E-state index is 13.2. The van der Waals surface area contributed by atoms with Crippen LogP contribution in [0.5, 0.6) is 0 Å². The number of aliphatic hydroxyl groups excluding tert-OH is 5. The van der Waals surface area contributed by atoms with Gasteiger partial charge in [0.05, 0.1) is 23.7 Å². The zero-order valence-corrected chi connectivity index (χ0v) is 20.3. The molecule has 0 unspecified atom stereocenters. The number of hydrogen-bond acceptors (Lipinski definition) is 10. The van der Waals surface area contributed by atoms with Crippen LogP contribution in [-0.4, -0.2) is 78.2 Å². The van der Waals surface area contributed by atoms with E-state index in [4.69, 9.17) is 5.11 Å². The molecule has 3 rings (SSSR count). The highest BCUT2D eigenvalue weighted by molar-refractivity contribution is 14.1. The SMILES string of the molecule is O=C(Cn1c(Nc2ccccc2)nc2ccc(I)cc2c1=O)N/N=C/[C@H](O)[C@@H](O)[C@H](O)[C@H](O)CO. The van der Waals surface area contributed by atoms with Gasteiger partial charge in [-0.2, -0.15) is 5.10 Å². The van der Waals surface area contributed by atoms with Gasteiger partial charge < -0.3 is 30.8 Å². The third-order valence-electron chi connectivity index (χ3n) is 4.95. The van der Waals surface area contributed by atoms with Gasteiger partial charge in [-0.15, -0.1) is 0 Å². The fraction of sp³-hybridized carbons (Fsp3) is 0.273. The highest BCUT2D eigenvalue weighted by Crippen LogP contribution is 2.18. The summed E-state index contributed by atoms with van der Waals surface area (Å²) in [7, 11) is 0. The molecule has 0 spiro atoms. The Balaban J connectivity index is 1.81. The molecule has 1 heterocycles. The highest BCUT2D eigenvalue weighted by atomic mass is 127. The quantitative estimate of drug-likeness (QED) is 0.0899. The molecule has 4 atom stereocenters. The van der Waals surface area contributed by atoms with E-state index in [1.54, 1.807) is 36.4 Å². The highest BCUT2D eigenvalue weighted by Gasteiger charge is 2.29. The predicted octanol–water partition coefficient (Wildman–Crippen LogP) is -0.717. The number of para-hydroxylation sites is 1. The van der Waals surface area contributed by atoms with Gasteiger partial charge in [-0.3, -0.25) is 14.2 Å². The van der Waals surface area contributed by atoms with Crippen molar-refractivity contribution in [3.8, 4) is 0 Å². The molecule has 0 fully saturated rings. The first-order chi connectivity index (χ1) is 16.7. The molecule has 0 aliphatic carbocycles. The van der Waals surface area contributed by atoms with Crippen molar-refractivity contribution in [3.63, 3.8) is 0 Å². The number of fused-ring (bicyclic) bond motifs is 1. The maximum absolute atomic E-state index is 13.2. The molecular formula is C22H24IN5O7. The lowest BCUT2D eigenvalue weighted by Gasteiger charge is -2.23. The molecule has 0 saturated heterocycles. The number of aliphatic hydroxyl groups is 5. The van der Waals surface area contributed by atoms with Gasteiger partial charge in [-0.25, -0.2) is 10.4 Å². The monoisotopic (exact) mass is 597 g/mol. The third kappa shape index (κ3) is 6.81. The zero-order chi connectivity index (χ0) is 25.5. The van der Waals surface area contributed by atoms with Crippen LogP contribution < -0.4 is 16.3 Å². The second kappa shape index (κ2) is 12.1. The minimum Gasteiger partial charge on any atom is -0.394 e. The Morgan fingerprint density at radius 2 is 1.83 bits per heavy atom. The molecule has 35 heavy (non-hydrogen) atoms. The lowest BCUT2D eigenvalue weighted by Crippen LogP contribution is -2.46. The van der Waals surface area contributed by atoms with Crippen LogP contribution in [0.4, 0.5) is 11.6 Å². The summed E-state index contributed by atoms with van der Waals surface area (Å²) < 4.78 is 1.96. The topological polar surface area (TPSA) is 190 Å². The van der Waals surface area contributed by atoms with E-state index in [1.807, 2.05) is 12.1 Å². The summed E-state index contributed by atoms with van der Waals surface area (Å²) in [5.41, 5.74) is 2.77. The van der Waals surface area contributed by atoms with Crippen molar-refractivity contribution in [1.29, 1.82) is 0 Å². The average Bonchev–Trinajstić information content (AvgIpc) is 2.86. The van der Waals surface area contributed by atoms with Gasteiger partial charge in [-0.05, 0) is 52.9 Å². The van der Waals surface area contributed by atoms with Crippen LogP contribution in [-0.2, 0) is 11.3 Å². The Hall–Kier alpha value is -2.95. The number of aromatic nitrogens is 2.